The molecule has 1 atom stereocenters. The summed E-state index contributed by atoms with van der Waals surface area (Å²) in [6, 6.07) is 35.9. The number of ketones is 1. The molecule has 0 radical (unpaired) electrons. The van der Waals surface area contributed by atoms with Gasteiger partial charge in [-0.2, -0.15) is 5.01 Å². The van der Waals surface area contributed by atoms with Crippen LogP contribution in [-0.2, 0) is 20.9 Å². The Balaban J connectivity index is 0.000000188. The first-order valence-corrected chi connectivity index (χ1v) is 36.3. The van der Waals surface area contributed by atoms with Crippen LogP contribution in [-0.4, -0.2) is 101 Å². The summed E-state index contributed by atoms with van der Waals surface area (Å²) in [7, 11) is 0. The maximum atomic E-state index is 12.6. The van der Waals surface area contributed by atoms with Crippen molar-refractivity contribution in [1.29, 1.82) is 0 Å². The number of thiazole rings is 2. The predicted molar refractivity (Wildman–Crippen MR) is 416 cm³/mol. The monoisotopic (exact) mass is 1530 g/mol. The van der Waals surface area contributed by atoms with Gasteiger partial charge in [-0.1, -0.05) is 139 Å². The third-order valence-electron chi connectivity index (χ3n) is 14.3. The summed E-state index contributed by atoms with van der Waals surface area (Å²) < 4.78 is 33.4. The molecule has 0 bridgehead atoms. The summed E-state index contributed by atoms with van der Waals surface area (Å²) in [6.07, 6.45) is 10.0. The van der Waals surface area contributed by atoms with Crippen LogP contribution in [0.25, 0.3) is 37.5 Å². The standard InChI is InChI=1S/C22H23NO3S.C21H18N2O3S2.C17H19NO4S2.C15H16BrNO3S/c1-15-10-16(2)12-20(11-15)26-9-5-8-25-19-7-4-6-18(13-19)14-21-22(24)23-17(3)27-21;1-3-12-26-17-10-6-15(7-11-17)13-18-20(25)23(21(27)28-18)22-19(24)16-8-4-14(2)5-9-16;1-4-12(10(3)19)18-16(21)15(24-17(18)23)9-11-6-7-13(20)14(8-11)22-5-2;1-4-17-9(3)21-14(15(17)19)7-10-6-13(20-5-2)12(18)8-11(10)16/h4,6-7,10-14H,3,5,8-9H2,1-2H3,(H,23,24);3-11,13H,1,12H2,2H3,(H,22,24);6-9,12,20H,4-5H2,1-3H3;6-8,18H,3-5H2,1-2H3. The molecule has 10 rings (SSSR count). The van der Waals surface area contributed by atoms with Crippen molar-refractivity contribution in [3.05, 3.63) is 232 Å². The average Bonchev–Trinajstić information content (AvgIpc) is 1.73. The second kappa shape index (κ2) is 37.9. The number of hydrazine groups is 1. The van der Waals surface area contributed by atoms with Crippen LogP contribution < -0.4 is 58.6 Å². The smallest absolute Gasteiger partial charge is 0.285 e. The van der Waals surface area contributed by atoms with Crippen LogP contribution in [0.2, 0.25) is 0 Å². The van der Waals surface area contributed by atoms with Gasteiger partial charge in [0.1, 0.15) is 28.2 Å². The summed E-state index contributed by atoms with van der Waals surface area (Å²) in [6.45, 7) is 29.3. The maximum absolute atomic E-state index is 12.6. The Kier molecular flexibility index (Phi) is 29.7. The number of rotatable bonds is 23. The van der Waals surface area contributed by atoms with E-state index in [0.29, 0.717) is 101 Å². The van der Waals surface area contributed by atoms with Crippen molar-refractivity contribution in [1.82, 2.24) is 24.9 Å². The molecule has 522 valence electrons. The Morgan fingerprint density at radius 1 is 0.650 bits per heavy atom. The molecule has 8 aromatic rings. The Hall–Kier alpha value is -9.08. The molecule has 25 heteroatoms. The van der Waals surface area contributed by atoms with Crippen molar-refractivity contribution in [3.8, 4) is 40.2 Å². The number of Topliss-reactive ketones (excluding diaryl/α,β-unsaturated/α-hetero) is 1. The Morgan fingerprint density at radius 2 is 1.27 bits per heavy atom. The first-order chi connectivity index (χ1) is 47.8. The van der Waals surface area contributed by atoms with E-state index in [9.17, 15) is 39.0 Å². The topological polar surface area (TPSA) is 228 Å². The second-order valence-corrected chi connectivity index (χ2v) is 28.5. The molecule has 2 fully saturated rings. The zero-order valence-corrected chi connectivity index (χ0v) is 62.8. The van der Waals surface area contributed by atoms with E-state index in [1.165, 1.54) is 63.5 Å². The highest BCUT2D eigenvalue weighted by atomic mass is 79.9. The van der Waals surface area contributed by atoms with Crippen LogP contribution in [0.4, 0.5) is 0 Å². The largest absolute Gasteiger partial charge is 0.504 e. The van der Waals surface area contributed by atoms with Crippen molar-refractivity contribution in [3.63, 3.8) is 0 Å². The van der Waals surface area contributed by atoms with Gasteiger partial charge in [0, 0.05) is 23.0 Å². The van der Waals surface area contributed by atoms with Gasteiger partial charge in [0.15, 0.2) is 33.1 Å². The first kappa shape index (κ1) is 78.3. The second-order valence-electron chi connectivity index (χ2n) is 22.0. The lowest BCUT2D eigenvalue weighted by Gasteiger charge is -2.23. The van der Waals surface area contributed by atoms with Gasteiger partial charge < -0.3 is 38.9 Å². The number of nitrogens with one attached hydrogen (secondary N) is 2. The molecule has 0 spiro atoms. The zero-order valence-electron chi connectivity index (χ0n) is 56.3. The molecule has 2 aromatic heterocycles. The number of phenolic OH excluding ortho intramolecular Hbond substituents is 2. The van der Waals surface area contributed by atoms with Crippen LogP contribution in [0.3, 0.4) is 0 Å². The summed E-state index contributed by atoms with van der Waals surface area (Å²) >= 11 is 18.9. The first-order valence-electron chi connectivity index (χ1n) is 31.5. The van der Waals surface area contributed by atoms with Crippen LogP contribution in [0.5, 0.6) is 40.2 Å². The van der Waals surface area contributed by atoms with Gasteiger partial charge in [0.2, 0.25) is 0 Å². The number of aromatic nitrogens is 2. The lowest BCUT2D eigenvalue weighted by atomic mass is 10.1. The molecule has 4 heterocycles. The average molecular weight is 1530 g/mol. The Morgan fingerprint density at radius 3 is 1.88 bits per heavy atom. The summed E-state index contributed by atoms with van der Waals surface area (Å²) in [5, 5.41) is 20.7. The van der Waals surface area contributed by atoms with Crippen LogP contribution in [0.15, 0.2) is 158 Å². The molecular weight excluding hydrogens is 1450 g/mol. The molecule has 0 aliphatic carbocycles. The number of carbonyl (C=O) groups excluding carboxylic acids is 4. The van der Waals surface area contributed by atoms with E-state index in [2.05, 4.69) is 66.0 Å². The number of hydrogen-bond donors (Lipinski definition) is 4. The number of nitrogens with zero attached hydrogens (tertiary/aromatic N) is 3. The highest BCUT2D eigenvalue weighted by Crippen LogP contribution is 2.37. The number of aromatic amines is 1. The van der Waals surface area contributed by atoms with Gasteiger partial charge in [0.05, 0.1) is 60.7 Å². The lowest BCUT2D eigenvalue weighted by Crippen LogP contribution is -2.44. The number of amides is 3. The number of hydrogen-bond acceptors (Lipinski definition) is 19. The van der Waals surface area contributed by atoms with E-state index in [0.717, 1.165) is 67.4 Å². The summed E-state index contributed by atoms with van der Waals surface area (Å²) in [5.74, 6) is 2.16. The normalized spacial score (nSPS) is 14.0. The van der Waals surface area contributed by atoms with E-state index in [1.54, 1.807) is 65.3 Å². The maximum Gasteiger partial charge on any atom is 0.285 e. The van der Waals surface area contributed by atoms with Gasteiger partial charge in [0.25, 0.3) is 28.8 Å². The predicted octanol–water partition coefficient (Wildman–Crippen LogP) is 12.6. The van der Waals surface area contributed by atoms with Gasteiger partial charge in [-0.15, -0.1) is 22.7 Å². The fraction of sp³-hybridized carbons (Fsp3) is 0.227. The molecule has 2 saturated heterocycles. The number of aromatic hydroxyl groups is 2. The zero-order chi connectivity index (χ0) is 72.7. The molecule has 100 heavy (non-hydrogen) atoms. The SMILES string of the molecule is C=CCOc1ccc(C=C2SC(=S)N(NC(=O)c3ccc(C)cc3)C2=O)cc1.C=c1[nH]c(=O)c(=Cc2cccc(OCCCOc3cc(C)cc(C)c3)c2)s1.C=c1sc(=Cc2cc(OCC)c(O)cc2Br)c(=O)n1CC.CCOc1cc(C=C2SC(=S)N(C(CC)C(C)=O)C2=O)ccc1O. The minimum absolute atomic E-state index is 0.0455. The van der Waals surface area contributed by atoms with Gasteiger partial charge in [-0.3, -0.25) is 43.7 Å². The highest BCUT2D eigenvalue weighted by Gasteiger charge is 2.38. The summed E-state index contributed by atoms with van der Waals surface area (Å²) in [5.41, 5.74) is 9.56. The number of carbonyl (C=O) groups is 4. The number of thiocarbonyl (C=S) groups is 2. The highest BCUT2D eigenvalue weighted by molar-refractivity contribution is 9.10. The van der Waals surface area contributed by atoms with Gasteiger partial charge >= 0.3 is 0 Å². The van der Waals surface area contributed by atoms with Crippen molar-refractivity contribution in [2.24, 2.45) is 0 Å². The van der Waals surface area contributed by atoms with E-state index >= 15 is 0 Å². The van der Waals surface area contributed by atoms with E-state index < -0.39 is 6.04 Å². The van der Waals surface area contributed by atoms with E-state index in [4.69, 9.17) is 48.1 Å². The molecule has 1 unspecified atom stereocenters. The van der Waals surface area contributed by atoms with E-state index in [-0.39, 0.29) is 50.4 Å². The quantitative estimate of drug-likeness (QED) is 0.0202. The number of thioether (sulfide) groups is 2. The molecule has 18 nitrogen and oxygen atoms in total. The number of benzene rings is 6. The van der Waals surface area contributed by atoms with Crippen molar-refractivity contribution in [2.75, 3.05) is 33.0 Å². The van der Waals surface area contributed by atoms with Crippen molar-refractivity contribution in [2.45, 2.75) is 80.8 Å². The third-order valence-corrected chi connectivity index (χ3v) is 19.5. The molecule has 2 aliphatic heterocycles. The van der Waals surface area contributed by atoms with Crippen molar-refractivity contribution < 1.29 is 53.1 Å². The van der Waals surface area contributed by atoms with Gasteiger partial charge in [-0.25, -0.2) is 0 Å². The number of ether oxygens (including phenoxy) is 5. The fourth-order valence-corrected chi connectivity index (χ4v) is 14.3. The minimum Gasteiger partial charge on any atom is -0.504 e. The Bertz CT molecular complexity index is 4740. The molecule has 4 N–H and O–H groups in total. The Labute approximate surface area is 615 Å². The molecule has 2 aliphatic rings. The molecule has 0 saturated carbocycles. The number of phenols is 2. The molecular formula is C75H76BrN5O13S6. The third kappa shape index (κ3) is 22.2. The minimum atomic E-state index is -0.526. The van der Waals surface area contributed by atoms with E-state index in [1.807, 2.05) is 113 Å². The summed E-state index contributed by atoms with van der Waals surface area (Å²) in [4.78, 5) is 78.3. The van der Waals surface area contributed by atoms with Crippen LogP contribution in [0, 0.1) is 20.8 Å². The van der Waals surface area contributed by atoms with Crippen LogP contribution in [0.1, 0.15) is 96.8 Å². The van der Waals surface area contributed by atoms with Gasteiger partial charge in [-0.05, 0) is 198 Å². The fourth-order valence-electron chi connectivity index (χ4n) is 9.60. The molecule has 3 amide bonds. The van der Waals surface area contributed by atoms with Crippen LogP contribution >= 0.6 is 86.6 Å². The number of halogens is 1. The van der Waals surface area contributed by atoms with Crippen molar-refractivity contribution >= 4 is 156 Å². The number of aryl methyl sites for hydroxylation is 3. The number of H-pyrrole nitrogens is 1. The lowest BCUT2D eigenvalue weighted by molar-refractivity contribution is -0.130. The molecule has 6 aromatic carbocycles.